The van der Waals surface area contributed by atoms with Crippen molar-refractivity contribution in [2.75, 3.05) is 12.4 Å². The number of hydrogen-bond acceptors (Lipinski definition) is 2. The second-order valence-electron chi connectivity index (χ2n) is 6.04. The summed E-state index contributed by atoms with van der Waals surface area (Å²) in [7, 11) is 1.94. The van der Waals surface area contributed by atoms with Crippen molar-refractivity contribution in [3.8, 4) is 0 Å². The van der Waals surface area contributed by atoms with Gasteiger partial charge in [0.1, 0.15) is 5.82 Å². The number of aryl methyl sites for hydroxylation is 2. The third-order valence-corrected chi connectivity index (χ3v) is 3.30. The quantitative estimate of drug-likeness (QED) is 0.811. The second kappa shape index (κ2) is 4.27. The number of nitrogens with one attached hydrogen (secondary N) is 1. The number of pyridine rings is 1. The fourth-order valence-corrected chi connectivity index (χ4v) is 2.41. The van der Waals surface area contributed by atoms with Gasteiger partial charge in [-0.05, 0) is 37.0 Å². The molecule has 2 aromatic rings. The standard InChI is InChI=1S/C16H22N2/c1-10-7-11(2)14-12(8-10)9-13(16(3,4)5)15(17-6)18-14/h7-9H,1-6H3,(H,17,18). The molecule has 0 saturated heterocycles. The molecule has 0 atom stereocenters. The monoisotopic (exact) mass is 242 g/mol. The molecule has 1 aromatic carbocycles. The van der Waals surface area contributed by atoms with Crippen LogP contribution in [0.2, 0.25) is 0 Å². The number of anilines is 1. The maximum atomic E-state index is 4.79. The summed E-state index contributed by atoms with van der Waals surface area (Å²) in [4.78, 5) is 4.79. The molecule has 2 rings (SSSR count). The van der Waals surface area contributed by atoms with Gasteiger partial charge < -0.3 is 5.32 Å². The lowest BCUT2D eigenvalue weighted by atomic mass is 9.86. The molecular formula is C16H22N2. The zero-order valence-corrected chi connectivity index (χ0v) is 12.2. The van der Waals surface area contributed by atoms with E-state index in [4.69, 9.17) is 4.98 Å². The van der Waals surface area contributed by atoms with Gasteiger partial charge in [0, 0.05) is 18.0 Å². The van der Waals surface area contributed by atoms with Gasteiger partial charge in [0.25, 0.3) is 0 Å². The predicted octanol–water partition coefficient (Wildman–Crippen LogP) is 4.19. The molecule has 0 amide bonds. The maximum absolute atomic E-state index is 4.79. The summed E-state index contributed by atoms with van der Waals surface area (Å²) < 4.78 is 0. The molecule has 1 N–H and O–H groups in total. The number of nitrogens with zero attached hydrogens (tertiary/aromatic N) is 1. The molecule has 0 fully saturated rings. The van der Waals surface area contributed by atoms with Gasteiger partial charge in [-0.2, -0.15) is 0 Å². The Hall–Kier alpha value is -1.57. The SMILES string of the molecule is CNc1nc2c(C)cc(C)cc2cc1C(C)(C)C. The van der Waals surface area contributed by atoms with Crippen LogP contribution in [0.5, 0.6) is 0 Å². The van der Waals surface area contributed by atoms with Crippen molar-refractivity contribution in [2.24, 2.45) is 0 Å². The Bertz CT molecular complexity index is 592. The van der Waals surface area contributed by atoms with Crippen LogP contribution in [0.1, 0.15) is 37.5 Å². The Kier molecular flexibility index (Phi) is 3.05. The Balaban J connectivity index is 2.81. The van der Waals surface area contributed by atoms with Crippen molar-refractivity contribution >= 4 is 16.7 Å². The molecule has 0 unspecified atom stereocenters. The Morgan fingerprint density at radius 3 is 2.28 bits per heavy atom. The third kappa shape index (κ3) is 2.20. The summed E-state index contributed by atoms with van der Waals surface area (Å²) in [5.74, 6) is 0.988. The molecule has 2 heteroatoms. The average molecular weight is 242 g/mol. The first kappa shape index (κ1) is 12.9. The highest BCUT2D eigenvalue weighted by molar-refractivity contribution is 5.85. The van der Waals surface area contributed by atoms with Gasteiger partial charge in [0.2, 0.25) is 0 Å². The highest BCUT2D eigenvalue weighted by atomic mass is 15.0. The van der Waals surface area contributed by atoms with Crippen LogP contribution < -0.4 is 5.32 Å². The molecule has 0 spiro atoms. The van der Waals surface area contributed by atoms with Crippen LogP contribution in [0, 0.1) is 13.8 Å². The topological polar surface area (TPSA) is 24.9 Å². The highest BCUT2D eigenvalue weighted by Gasteiger charge is 2.19. The van der Waals surface area contributed by atoms with Crippen LogP contribution in [-0.4, -0.2) is 12.0 Å². The van der Waals surface area contributed by atoms with E-state index in [1.54, 1.807) is 0 Å². The van der Waals surface area contributed by atoms with Gasteiger partial charge >= 0.3 is 0 Å². The van der Waals surface area contributed by atoms with Crippen LogP contribution >= 0.6 is 0 Å². The normalized spacial score (nSPS) is 11.9. The van der Waals surface area contributed by atoms with Crippen LogP contribution in [0.3, 0.4) is 0 Å². The summed E-state index contributed by atoms with van der Waals surface area (Å²) in [6, 6.07) is 6.67. The van der Waals surface area contributed by atoms with E-state index in [9.17, 15) is 0 Å². The van der Waals surface area contributed by atoms with Crippen LogP contribution in [0.4, 0.5) is 5.82 Å². The van der Waals surface area contributed by atoms with E-state index < -0.39 is 0 Å². The first-order valence-electron chi connectivity index (χ1n) is 6.43. The number of hydrogen-bond donors (Lipinski definition) is 1. The fourth-order valence-electron chi connectivity index (χ4n) is 2.41. The number of aromatic nitrogens is 1. The van der Waals surface area contributed by atoms with Gasteiger partial charge in [-0.3, -0.25) is 0 Å². The third-order valence-electron chi connectivity index (χ3n) is 3.30. The summed E-state index contributed by atoms with van der Waals surface area (Å²) >= 11 is 0. The molecule has 18 heavy (non-hydrogen) atoms. The van der Waals surface area contributed by atoms with Gasteiger partial charge in [0.15, 0.2) is 0 Å². The van der Waals surface area contributed by atoms with E-state index >= 15 is 0 Å². The molecule has 0 aliphatic carbocycles. The summed E-state index contributed by atoms with van der Waals surface area (Å²) in [5.41, 5.74) is 4.98. The van der Waals surface area contributed by atoms with Crippen molar-refractivity contribution in [1.82, 2.24) is 4.98 Å². The van der Waals surface area contributed by atoms with E-state index in [-0.39, 0.29) is 5.41 Å². The molecular weight excluding hydrogens is 220 g/mol. The fraction of sp³-hybridized carbons (Fsp3) is 0.438. The van der Waals surface area contributed by atoms with Crippen molar-refractivity contribution in [1.29, 1.82) is 0 Å². The van der Waals surface area contributed by atoms with Crippen LogP contribution in [0.15, 0.2) is 18.2 Å². The van der Waals surface area contributed by atoms with E-state index in [2.05, 4.69) is 58.1 Å². The zero-order valence-electron chi connectivity index (χ0n) is 12.2. The lowest BCUT2D eigenvalue weighted by molar-refractivity contribution is 0.591. The minimum atomic E-state index is 0.0944. The van der Waals surface area contributed by atoms with Crippen molar-refractivity contribution < 1.29 is 0 Å². The summed E-state index contributed by atoms with van der Waals surface area (Å²) in [5, 5.41) is 4.46. The van der Waals surface area contributed by atoms with E-state index in [0.717, 1.165) is 11.3 Å². The van der Waals surface area contributed by atoms with Gasteiger partial charge in [-0.1, -0.05) is 32.4 Å². The molecule has 96 valence electrons. The van der Waals surface area contributed by atoms with E-state index in [1.165, 1.54) is 22.1 Å². The number of fused-ring (bicyclic) bond motifs is 1. The minimum Gasteiger partial charge on any atom is -0.373 e. The number of benzene rings is 1. The zero-order chi connectivity index (χ0) is 13.5. The van der Waals surface area contributed by atoms with Crippen LogP contribution in [0.25, 0.3) is 10.9 Å². The Morgan fingerprint density at radius 2 is 1.72 bits per heavy atom. The van der Waals surface area contributed by atoms with Crippen LogP contribution in [-0.2, 0) is 5.41 Å². The van der Waals surface area contributed by atoms with Crippen molar-refractivity contribution in [3.05, 3.63) is 34.9 Å². The molecule has 0 bridgehead atoms. The molecule has 2 nitrogen and oxygen atoms in total. The van der Waals surface area contributed by atoms with E-state index in [1.807, 2.05) is 7.05 Å². The Morgan fingerprint density at radius 1 is 1.06 bits per heavy atom. The second-order valence-corrected chi connectivity index (χ2v) is 6.04. The predicted molar refractivity (Wildman–Crippen MR) is 79.5 cm³/mol. The maximum Gasteiger partial charge on any atom is 0.130 e. The molecule has 1 aromatic heterocycles. The molecule has 1 heterocycles. The smallest absolute Gasteiger partial charge is 0.130 e. The highest BCUT2D eigenvalue weighted by Crippen LogP contribution is 2.32. The molecule has 0 radical (unpaired) electrons. The molecule has 0 aliphatic heterocycles. The lowest BCUT2D eigenvalue weighted by Crippen LogP contribution is -2.15. The molecule has 0 aliphatic rings. The van der Waals surface area contributed by atoms with Gasteiger partial charge in [0.05, 0.1) is 5.52 Å². The lowest BCUT2D eigenvalue weighted by Gasteiger charge is -2.23. The number of rotatable bonds is 1. The average Bonchev–Trinajstić information content (AvgIpc) is 2.26. The van der Waals surface area contributed by atoms with Gasteiger partial charge in [-0.25, -0.2) is 4.98 Å². The largest absolute Gasteiger partial charge is 0.373 e. The van der Waals surface area contributed by atoms with E-state index in [0.29, 0.717) is 0 Å². The first-order chi connectivity index (χ1) is 8.32. The minimum absolute atomic E-state index is 0.0944. The van der Waals surface area contributed by atoms with Crippen molar-refractivity contribution in [3.63, 3.8) is 0 Å². The Labute approximate surface area is 109 Å². The van der Waals surface area contributed by atoms with Gasteiger partial charge in [-0.15, -0.1) is 0 Å². The summed E-state index contributed by atoms with van der Waals surface area (Å²) in [6.45, 7) is 10.9. The molecule has 0 saturated carbocycles. The summed E-state index contributed by atoms with van der Waals surface area (Å²) in [6.07, 6.45) is 0. The van der Waals surface area contributed by atoms with Crippen molar-refractivity contribution in [2.45, 2.75) is 40.0 Å². The first-order valence-corrected chi connectivity index (χ1v) is 6.43.